The summed E-state index contributed by atoms with van der Waals surface area (Å²) >= 11 is 6.22. The van der Waals surface area contributed by atoms with Gasteiger partial charge in [-0.1, -0.05) is 72.3 Å². The number of rotatable bonds is 6. The number of hydrogen-bond acceptors (Lipinski definition) is 2. The van der Waals surface area contributed by atoms with Crippen molar-refractivity contribution in [3.05, 3.63) is 113 Å². The number of halogens is 1. The summed E-state index contributed by atoms with van der Waals surface area (Å²) in [5.41, 5.74) is 2.91. The second-order valence-corrected chi connectivity index (χ2v) is 8.53. The van der Waals surface area contributed by atoms with Gasteiger partial charge in [0.05, 0.1) is 10.6 Å². The van der Waals surface area contributed by atoms with Gasteiger partial charge in [0.1, 0.15) is 6.04 Å². The van der Waals surface area contributed by atoms with Crippen LogP contribution in [0.3, 0.4) is 0 Å². The SMILES string of the molecule is O=C(NC(Cc1c[nH]c2ccccc12)C(=O)Nc1ccc2ccccc2c1)c1ccccc1Cl. The summed E-state index contributed by atoms with van der Waals surface area (Å²) in [6.45, 7) is 0. The van der Waals surface area contributed by atoms with E-state index in [1.807, 2.05) is 72.9 Å². The number of anilines is 1. The van der Waals surface area contributed by atoms with Crippen molar-refractivity contribution in [1.29, 1.82) is 0 Å². The summed E-state index contributed by atoms with van der Waals surface area (Å²) in [5, 5.41) is 9.31. The minimum absolute atomic E-state index is 0.305. The van der Waals surface area contributed by atoms with E-state index in [-0.39, 0.29) is 5.91 Å². The van der Waals surface area contributed by atoms with Gasteiger partial charge in [-0.3, -0.25) is 9.59 Å². The number of aromatic nitrogens is 1. The highest BCUT2D eigenvalue weighted by molar-refractivity contribution is 6.33. The van der Waals surface area contributed by atoms with Crippen LogP contribution in [-0.4, -0.2) is 22.8 Å². The van der Waals surface area contributed by atoms with Crippen LogP contribution in [-0.2, 0) is 11.2 Å². The Morgan fingerprint density at radius 3 is 2.44 bits per heavy atom. The zero-order valence-electron chi connectivity index (χ0n) is 18.2. The zero-order chi connectivity index (χ0) is 23.5. The molecule has 4 aromatic carbocycles. The number of carbonyl (C=O) groups excluding carboxylic acids is 2. The largest absolute Gasteiger partial charge is 0.361 e. The number of H-pyrrole nitrogens is 1. The van der Waals surface area contributed by atoms with Gasteiger partial charge in [0.15, 0.2) is 0 Å². The molecular formula is C28H22ClN3O2. The van der Waals surface area contributed by atoms with Crippen molar-refractivity contribution in [2.24, 2.45) is 0 Å². The molecule has 1 atom stereocenters. The molecule has 1 unspecified atom stereocenters. The Kier molecular flexibility index (Phi) is 6.02. The van der Waals surface area contributed by atoms with Gasteiger partial charge in [0.25, 0.3) is 5.91 Å². The summed E-state index contributed by atoms with van der Waals surface area (Å²) in [6.07, 6.45) is 2.20. The molecule has 2 amide bonds. The molecule has 0 aliphatic rings. The highest BCUT2D eigenvalue weighted by Gasteiger charge is 2.24. The van der Waals surface area contributed by atoms with E-state index in [1.54, 1.807) is 24.3 Å². The first-order chi connectivity index (χ1) is 16.6. The van der Waals surface area contributed by atoms with Crippen molar-refractivity contribution in [2.75, 3.05) is 5.32 Å². The standard InChI is InChI=1S/C28H22ClN3O2/c29-24-11-5-3-10-23(24)27(33)32-26(16-20-17-30-25-12-6-4-9-22(20)25)28(34)31-21-14-13-18-7-1-2-8-19(18)15-21/h1-15,17,26,30H,16H2,(H,31,34)(H,32,33). The van der Waals surface area contributed by atoms with Crippen LogP contribution in [0.15, 0.2) is 97.2 Å². The Morgan fingerprint density at radius 1 is 0.853 bits per heavy atom. The number of fused-ring (bicyclic) bond motifs is 2. The van der Waals surface area contributed by atoms with E-state index in [1.165, 1.54) is 0 Å². The van der Waals surface area contributed by atoms with Crippen molar-refractivity contribution in [3.8, 4) is 0 Å². The van der Waals surface area contributed by atoms with Crippen molar-refractivity contribution < 1.29 is 9.59 Å². The molecule has 0 aliphatic heterocycles. The molecule has 168 valence electrons. The van der Waals surface area contributed by atoms with E-state index >= 15 is 0 Å². The summed E-state index contributed by atoms with van der Waals surface area (Å²) in [7, 11) is 0. The third kappa shape index (κ3) is 4.51. The molecule has 5 rings (SSSR count). The first-order valence-corrected chi connectivity index (χ1v) is 11.4. The fourth-order valence-electron chi connectivity index (χ4n) is 4.11. The number of para-hydroxylation sites is 1. The average Bonchev–Trinajstić information content (AvgIpc) is 3.26. The molecule has 6 heteroatoms. The van der Waals surface area contributed by atoms with E-state index in [9.17, 15) is 9.59 Å². The molecule has 0 fully saturated rings. The fourth-order valence-corrected chi connectivity index (χ4v) is 4.33. The molecule has 3 N–H and O–H groups in total. The molecule has 0 spiro atoms. The Bertz CT molecular complexity index is 1510. The Balaban J connectivity index is 1.43. The maximum absolute atomic E-state index is 13.4. The molecule has 0 saturated carbocycles. The Hall–Kier alpha value is -4.09. The lowest BCUT2D eigenvalue weighted by Gasteiger charge is -2.19. The molecule has 1 aromatic heterocycles. The molecule has 5 aromatic rings. The quantitative estimate of drug-likeness (QED) is 0.288. The van der Waals surface area contributed by atoms with E-state index in [0.717, 1.165) is 27.2 Å². The number of aromatic amines is 1. The van der Waals surface area contributed by atoms with Gasteiger partial charge in [-0.15, -0.1) is 0 Å². The van der Waals surface area contributed by atoms with Crippen molar-refractivity contribution in [3.63, 3.8) is 0 Å². The van der Waals surface area contributed by atoms with Crippen LogP contribution in [0, 0.1) is 0 Å². The van der Waals surface area contributed by atoms with Gasteiger partial charge in [0, 0.05) is 29.2 Å². The lowest BCUT2D eigenvalue weighted by molar-refractivity contribution is -0.118. The molecule has 0 aliphatic carbocycles. The van der Waals surface area contributed by atoms with Crippen LogP contribution in [0.1, 0.15) is 15.9 Å². The van der Waals surface area contributed by atoms with Crippen LogP contribution in [0.4, 0.5) is 5.69 Å². The normalized spacial score (nSPS) is 11.9. The van der Waals surface area contributed by atoms with Gasteiger partial charge in [0.2, 0.25) is 5.91 Å². The molecular weight excluding hydrogens is 446 g/mol. The molecule has 5 nitrogen and oxygen atoms in total. The maximum atomic E-state index is 13.4. The van der Waals surface area contributed by atoms with Crippen LogP contribution in [0.2, 0.25) is 5.02 Å². The van der Waals surface area contributed by atoms with Gasteiger partial charge in [-0.25, -0.2) is 0 Å². The fraction of sp³-hybridized carbons (Fsp3) is 0.0714. The van der Waals surface area contributed by atoms with Crippen LogP contribution >= 0.6 is 11.6 Å². The molecule has 34 heavy (non-hydrogen) atoms. The number of benzene rings is 4. The summed E-state index contributed by atoms with van der Waals surface area (Å²) in [4.78, 5) is 29.6. The van der Waals surface area contributed by atoms with Gasteiger partial charge in [-0.2, -0.15) is 0 Å². The maximum Gasteiger partial charge on any atom is 0.253 e. The number of nitrogens with one attached hydrogen (secondary N) is 3. The van der Waals surface area contributed by atoms with Crippen molar-refractivity contribution >= 4 is 50.8 Å². The summed E-state index contributed by atoms with van der Waals surface area (Å²) in [5.74, 6) is -0.704. The predicted molar refractivity (Wildman–Crippen MR) is 137 cm³/mol. The molecule has 0 radical (unpaired) electrons. The number of carbonyl (C=O) groups is 2. The van der Waals surface area contributed by atoms with Crippen molar-refractivity contribution in [1.82, 2.24) is 10.3 Å². The molecule has 1 heterocycles. The van der Waals surface area contributed by atoms with Crippen LogP contribution in [0.25, 0.3) is 21.7 Å². The average molecular weight is 468 g/mol. The first kappa shape index (κ1) is 21.7. The van der Waals surface area contributed by atoms with E-state index in [2.05, 4.69) is 15.6 Å². The van der Waals surface area contributed by atoms with Gasteiger partial charge >= 0.3 is 0 Å². The predicted octanol–water partition coefficient (Wildman–Crippen LogP) is 5.95. The highest BCUT2D eigenvalue weighted by Crippen LogP contribution is 2.22. The summed E-state index contributed by atoms with van der Waals surface area (Å²) in [6, 6.07) is 27.5. The lowest BCUT2D eigenvalue weighted by atomic mass is 10.0. The van der Waals surface area contributed by atoms with Crippen LogP contribution in [0.5, 0.6) is 0 Å². The third-order valence-electron chi connectivity index (χ3n) is 5.86. The Morgan fingerprint density at radius 2 is 1.59 bits per heavy atom. The van der Waals surface area contributed by atoms with E-state index in [4.69, 9.17) is 11.6 Å². The monoisotopic (exact) mass is 467 g/mol. The van der Waals surface area contributed by atoms with E-state index in [0.29, 0.717) is 22.7 Å². The Labute approximate surface area is 201 Å². The number of hydrogen-bond donors (Lipinski definition) is 3. The highest BCUT2D eigenvalue weighted by atomic mass is 35.5. The minimum Gasteiger partial charge on any atom is -0.361 e. The van der Waals surface area contributed by atoms with E-state index < -0.39 is 11.9 Å². The first-order valence-electron chi connectivity index (χ1n) is 11.0. The summed E-state index contributed by atoms with van der Waals surface area (Å²) < 4.78 is 0. The molecule has 0 bridgehead atoms. The lowest BCUT2D eigenvalue weighted by Crippen LogP contribution is -2.45. The minimum atomic E-state index is -0.811. The topological polar surface area (TPSA) is 74.0 Å². The molecule has 0 saturated heterocycles. The second kappa shape index (κ2) is 9.41. The smallest absolute Gasteiger partial charge is 0.253 e. The van der Waals surface area contributed by atoms with Gasteiger partial charge < -0.3 is 15.6 Å². The van der Waals surface area contributed by atoms with Gasteiger partial charge in [-0.05, 0) is 46.7 Å². The van der Waals surface area contributed by atoms with Crippen molar-refractivity contribution in [2.45, 2.75) is 12.5 Å². The second-order valence-electron chi connectivity index (χ2n) is 8.12. The van der Waals surface area contributed by atoms with Crippen LogP contribution < -0.4 is 10.6 Å². The zero-order valence-corrected chi connectivity index (χ0v) is 19.0. The number of amides is 2. The third-order valence-corrected chi connectivity index (χ3v) is 6.19.